The summed E-state index contributed by atoms with van der Waals surface area (Å²) in [4.78, 5) is 30.0. The molecule has 0 radical (unpaired) electrons. The Bertz CT molecular complexity index is 1030. The second-order valence-corrected chi connectivity index (χ2v) is 6.81. The fourth-order valence-electron chi connectivity index (χ4n) is 2.81. The van der Waals surface area contributed by atoms with E-state index in [4.69, 9.17) is 5.73 Å². The van der Waals surface area contributed by atoms with Crippen molar-refractivity contribution in [2.45, 2.75) is 6.92 Å². The molecule has 0 aliphatic heterocycles. The Morgan fingerprint density at radius 3 is 2.03 bits per heavy atom. The van der Waals surface area contributed by atoms with Crippen molar-refractivity contribution in [3.63, 3.8) is 0 Å². The van der Waals surface area contributed by atoms with Crippen molar-refractivity contribution in [1.29, 1.82) is 0 Å². The molecule has 29 heavy (non-hydrogen) atoms. The lowest BCUT2D eigenvalue weighted by Gasteiger charge is -2.13. The van der Waals surface area contributed by atoms with Crippen molar-refractivity contribution in [3.8, 4) is 11.1 Å². The standard InChI is InChI=1S/C22H23N5O2/c1-14(28)25-17-6-8-18(9-7-17)26-22(29)20-12-16(13-24-21(20)23)15-4-10-19(11-5-15)27(2)3/h4-13H,1-3H3,(H2,23,24)(H,25,28)(H,26,29). The van der Waals surface area contributed by atoms with Crippen LogP contribution >= 0.6 is 0 Å². The molecule has 2 amide bonds. The fraction of sp³-hybridized carbons (Fsp3) is 0.136. The average molecular weight is 389 g/mol. The quantitative estimate of drug-likeness (QED) is 0.619. The number of carbonyl (C=O) groups is 2. The Balaban J connectivity index is 1.80. The molecule has 3 aromatic rings. The van der Waals surface area contributed by atoms with Crippen LogP contribution < -0.4 is 21.3 Å². The summed E-state index contributed by atoms with van der Waals surface area (Å²) in [7, 11) is 3.95. The van der Waals surface area contributed by atoms with Crippen LogP contribution in [0.25, 0.3) is 11.1 Å². The highest BCUT2D eigenvalue weighted by molar-refractivity contribution is 6.08. The lowest BCUT2D eigenvalue weighted by Crippen LogP contribution is -2.15. The van der Waals surface area contributed by atoms with Crippen LogP contribution in [0.15, 0.2) is 60.8 Å². The number of nitrogens with one attached hydrogen (secondary N) is 2. The molecule has 0 saturated carbocycles. The molecule has 0 fully saturated rings. The summed E-state index contributed by atoms with van der Waals surface area (Å²) in [6.45, 7) is 1.44. The van der Waals surface area contributed by atoms with E-state index in [1.807, 2.05) is 43.3 Å². The first-order valence-electron chi connectivity index (χ1n) is 9.06. The molecule has 7 heteroatoms. The van der Waals surface area contributed by atoms with Gasteiger partial charge in [0.25, 0.3) is 5.91 Å². The summed E-state index contributed by atoms with van der Waals surface area (Å²) in [5.41, 5.74) is 10.3. The van der Waals surface area contributed by atoms with E-state index in [0.717, 1.165) is 16.8 Å². The molecular formula is C22H23N5O2. The maximum Gasteiger partial charge on any atom is 0.259 e. The SMILES string of the molecule is CC(=O)Nc1ccc(NC(=O)c2cc(-c3ccc(N(C)C)cc3)cnc2N)cc1. The van der Waals surface area contributed by atoms with Gasteiger partial charge in [0.05, 0.1) is 5.56 Å². The zero-order valence-corrected chi connectivity index (χ0v) is 16.6. The Morgan fingerprint density at radius 2 is 1.48 bits per heavy atom. The van der Waals surface area contributed by atoms with Gasteiger partial charge in [-0.1, -0.05) is 12.1 Å². The summed E-state index contributed by atoms with van der Waals surface area (Å²) in [6, 6.07) is 16.5. The predicted molar refractivity (Wildman–Crippen MR) is 117 cm³/mol. The van der Waals surface area contributed by atoms with Gasteiger partial charge in [0.2, 0.25) is 5.91 Å². The molecule has 0 spiro atoms. The molecule has 0 unspecified atom stereocenters. The monoisotopic (exact) mass is 389 g/mol. The highest BCUT2D eigenvalue weighted by Crippen LogP contribution is 2.25. The molecule has 0 saturated heterocycles. The Hall–Kier alpha value is -3.87. The number of nitrogen functional groups attached to an aromatic ring is 1. The van der Waals surface area contributed by atoms with Gasteiger partial charge in [0.15, 0.2) is 0 Å². The van der Waals surface area contributed by atoms with Gasteiger partial charge < -0.3 is 21.3 Å². The van der Waals surface area contributed by atoms with Crippen LogP contribution in [0, 0.1) is 0 Å². The molecule has 0 aliphatic carbocycles. The van der Waals surface area contributed by atoms with Crippen LogP contribution in [-0.4, -0.2) is 30.9 Å². The number of nitrogens with zero attached hydrogens (tertiary/aromatic N) is 2. The topological polar surface area (TPSA) is 100 Å². The summed E-state index contributed by atoms with van der Waals surface area (Å²) in [5.74, 6) is -0.351. The average Bonchev–Trinajstić information content (AvgIpc) is 2.69. The predicted octanol–water partition coefficient (Wildman–Crippen LogP) is 3.61. The minimum absolute atomic E-state index is 0.156. The zero-order chi connectivity index (χ0) is 21.0. The summed E-state index contributed by atoms with van der Waals surface area (Å²) in [5, 5.41) is 5.48. The minimum atomic E-state index is -0.353. The van der Waals surface area contributed by atoms with Crippen LogP contribution in [0.5, 0.6) is 0 Å². The maximum absolute atomic E-state index is 12.7. The van der Waals surface area contributed by atoms with Crippen LogP contribution in [0.2, 0.25) is 0 Å². The number of amides is 2. The third-order valence-electron chi connectivity index (χ3n) is 4.34. The van der Waals surface area contributed by atoms with Gasteiger partial charge in [-0.2, -0.15) is 0 Å². The lowest BCUT2D eigenvalue weighted by molar-refractivity contribution is -0.114. The summed E-state index contributed by atoms with van der Waals surface area (Å²) in [6.07, 6.45) is 1.65. The van der Waals surface area contributed by atoms with E-state index >= 15 is 0 Å². The Labute approximate surface area is 169 Å². The Kier molecular flexibility index (Phi) is 5.78. The van der Waals surface area contributed by atoms with E-state index in [9.17, 15) is 9.59 Å². The molecule has 2 aromatic carbocycles. The molecular weight excluding hydrogens is 366 g/mol. The molecule has 0 bridgehead atoms. The number of rotatable bonds is 5. The highest BCUT2D eigenvalue weighted by atomic mass is 16.2. The minimum Gasteiger partial charge on any atom is -0.383 e. The molecule has 3 rings (SSSR count). The number of pyridine rings is 1. The normalized spacial score (nSPS) is 10.3. The van der Waals surface area contributed by atoms with Crippen molar-refractivity contribution in [1.82, 2.24) is 4.98 Å². The zero-order valence-electron chi connectivity index (χ0n) is 16.6. The first-order valence-corrected chi connectivity index (χ1v) is 9.06. The second-order valence-electron chi connectivity index (χ2n) is 6.81. The molecule has 0 atom stereocenters. The summed E-state index contributed by atoms with van der Waals surface area (Å²) >= 11 is 0. The van der Waals surface area contributed by atoms with Crippen molar-refractivity contribution >= 4 is 34.7 Å². The van der Waals surface area contributed by atoms with E-state index in [1.165, 1.54) is 6.92 Å². The van der Waals surface area contributed by atoms with E-state index in [1.54, 1.807) is 36.5 Å². The Morgan fingerprint density at radius 1 is 0.897 bits per heavy atom. The van der Waals surface area contributed by atoms with Crippen molar-refractivity contribution in [3.05, 3.63) is 66.4 Å². The van der Waals surface area contributed by atoms with Gasteiger partial charge in [-0.15, -0.1) is 0 Å². The van der Waals surface area contributed by atoms with Crippen LogP contribution in [-0.2, 0) is 4.79 Å². The van der Waals surface area contributed by atoms with Crippen LogP contribution in [0.1, 0.15) is 17.3 Å². The van der Waals surface area contributed by atoms with Gasteiger partial charge in [-0.05, 0) is 48.0 Å². The fourth-order valence-corrected chi connectivity index (χ4v) is 2.81. The third kappa shape index (κ3) is 4.90. The van der Waals surface area contributed by atoms with E-state index in [2.05, 4.69) is 15.6 Å². The van der Waals surface area contributed by atoms with Crippen molar-refractivity contribution in [2.24, 2.45) is 0 Å². The lowest BCUT2D eigenvalue weighted by atomic mass is 10.0. The van der Waals surface area contributed by atoms with Gasteiger partial charge in [-0.3, -0.25) is 9.59 Å². The number of carbonyl (C=O) groups excluding carboxylic acids is 2. The summed E-state index contributed by atoms with van der Waals surface area (Å²) < 4.78 is 0. The second kappa shape index (κ2) is 8.43. The first-order chi connectivity index (χ1) is 13.8. The van der Waals surface area contributed by atoms with Gasteiger partial charge in [-0.25, -0.2) is 4.98 Å². The molecule has 0 aliphatic rings. The molecule has 4 N–H and O–H groups in total. The highest BCUT2D eigenvalue weighted by Gasteiger charge is 2.13. The van der Waals surface area contributed by atoms with Crippen LogP contribution in [0.3, 0.4) is 0 Å². The number of anilines is 4. The molecule has 148 valence electrons. The first kappa shape index (κ1) is 19.9. The number of hydrogen-bond acceptors (Lipinski definition) is 5. The van der Waals surface area contributed by atoms with Crippen LogP contribution in [0.4, 0.5) is 22.9 Å². The van der Waals surface area contributed by atoms with Gasteiger partial charge in [0.1, 0.15) is 5.82 Å². The molecule has 1 aromatic heterocycles. The number of benzene rings is 2. The number of nitrogens with two attached hydrogens (primary N) is 1. The van der Waals surface area contributed by atoms with Crippen molar-refractivity contribution < 1.29 is 9.59 Å². The number of aromatic nitrogens is 1. The van der Waals surface area contributed by atoms with Gasteiger partial charge in [0, 0.05) is 49.8 Å². The van der Waals surface area contributed by atoms with Gasteiger partial charge >= 0.3 is 0 Å². The molecule has 7 nitrogen and oxygen atoms in total. The van der Waals surface area contributed by atoms with E-state index < -0.39 is 0 Å². The van der Waals surface area contributed by atoms with E-state index in [-0.39, 0.29) is 17.6 Å². The molecule has 1 heterocycles. The largest absolute Gasteiger partial charge is 0.383 e. The smallest absolute Gasteiger partial charge is 0.259 e. The van der Waals surface area contributed by atoms with Crippen molar-refractivity contribution in [2.75, 3.05) is 35.4 Å². The van der Waals surface area contributed by atoms with E-state index in [0.29, 0.717) is 16.9 Å². The third-order valence-corrected chi connectivity index (χ3v) is 4.34. The maximum atomic E-state index is 12.7. The number of hydrogen-bond donors (Lipinski definition) is 3.